The van der Waals surface area contributed by atoms with Gasteiger partial charge in [0, 0.05) is 11.4 Å². The molecule has 0 spiro atoms. The Balaban J connectivity index is 2.25. The van der Waals surface area contributed by atoms with Gasteiger partial charge < -0.3 is 0 Å². The molecule has 6 heteroatoms. The van der Waals surface area contributed by atoms with E-state index >= 15 is 0 Å². The molecule has 1 atom stereocenters. The molecule has 0 aliphatic rings. The molecule has 0 aliphatic heterocycles. The van der Waals surface area contributed by atoms with Crippen LogP contribution in [0.25, 0.3) is 10.9 Å². The first kappa shape index (κ1) is 16.2. The largest absolute Gasteiger partial charge is 0.240 e. The van der Waals surface area contributed by atoms with Crippen LogP contribution in [-0.4, -0.2) is 19.4 Å². The van der Waals surface area contributed by atoms with Crippen molar-refractivity contribution in [1.29, 1.82) is 0 Å². The molecular weight excluding hydrogens is 308 g/mol. The zero-order chi connectivity index (χ0) is 15.5. The van der Waals surface area contributed by atoms with Crippen molar-refractivity contribution < 1.29 is 8.42 Å². The van der Waals surface area contributed by atoms with Crippen LogP contribution in [0.3, 0.4) is 0 Å². The van der Waals surface area contributed by atoms with Gasteiger partial charge in [0.05, 0.1) is 10.4 Å². The van der Waals surface area contributed by atoms with Gasteiger partial charge in [-0.3, -0.25) is 0 Å². The lowest BCUT2D eigenvalue weighted by atomic mass is 10.2. The van der Waals surface area contributed by atoms with E-state index in [-0.39, 0.29) is 10.9 Å². The van der Waals surface area contributed by atoms with Gasteiger partial charge in [0.1, 0.15) is 5.15 Å². The van der Waals surface area contributed by atoms with Crippen molar-refractivity contribution in [3.05, 3.63) is 35.5 Å². The van der Waals surface area contributed by atoms with Crippen LogP contribution in [0.2, 0.25) is 5.15 Å². The zero-order valence-corrected chi connectivity index (χ0v) is 13.7. The maximum atomic E-state index is 12.4. The zero-order valence-electron chi connectivity index (χ0n) is 12.1. The van der Waals surface area contributed by atoms with Crippen molar-refractivity contribution in [2.45, 2.75) is 44.0 Å². The number of pyridine rings is 1. The van der Waals surface area contributed by atoms with Gasteiger partial charge in [0.15, 0.2) is 0 Å². The van der Waals surface area contributed by atoms with Crippen LogP contribution in [0.1, 0.15) is 33.1 Å². The highest BCUT2D eigenvalue weighted by molar-refractivity contribution is 7.89. The van der Waals surface area contributed by atoms with Gasteiger partial charge in [0.25, 0.3) is 0 Å². The van der Waals surface area contributed by atoms with Crippen LogP contribution in [-0.2, 0) is 10.0 Å². The summed E-state index contributed by atoms with van der Waals surface area (Å²) >= 11 is 5.82. The first-order valence-corrected chi connectivity index (χ1v) is 8.87. The molecule has 2 aromatic rings. The Labute approximate surface area is 130 Å². The molecule has 2 rings (SSSR count). The number of halogens is 1. The van der Waals surface area contributed by atoms with Gasteiger partial charge in [-0.2, -0.15) is 0 Å². The lowest BCUT2D eigenvalue weighted by Gasteiger charge is -2.14. The number of benzene rings is 1. The number of nitrogens with one attached hydrogen (secondary N) is 1. The molecule has 1 aromatic heterocycles. The standard InChI is InChI=1S/C15H19ClN2O2S/c1-3-4-5-11(2)18-21(19,20)13-7-8-14-12(10-13)6-9-15(16)17-14/h6-11,18H,3-5H2,1-2H3. The molecule has 4 nitrogen and oxygen atoms in total. The number of nitrogens with zero attached hydrogens (tertiary/aromatic N) is 1. The van der Waals surface area contributed by atoms with Gasteiger partial charge in [-0.25, -0.2) is 18.1 Å². The summed E-state index contributed by atoms with van der Waals surface area (Å²) in [5.74, 6) is 0. The van der Waals surface area contributed by atoms with Crippen molar-refractivity contribution in [2.24, 2.45) is 0 Å². The molecule has 0 saturated heterocycles. The molecule has 1 heterocycles. The van der Waals surface area contributed by atoms with E-state index in [0.29, 0.717) is 10.7 Å². The van der Waals surface area contributed by atoms with Crippen molar-refractivity contribution in [1.82, 2.24) is 9.71 Å². The third-order valence-electron chi connectivity index (χ3n) is 3.28. The predicted molar refractivity (Wildman–Crippen MR) is 86.1 cm³/mol. The third-order valence-corrected chi connectivity index (χ3v) is 5.08. The number of sulfonamides is 1. The summed E-state index contributed by atoms with van der Waals surface area (Å²) in [6.07, 6.45) is 2.89. The highest BCUT2D eigenvalue weighted by atomic mass is 35.5. The summed E-state index contributed by atoms with van der Waals surface area (Å²) in [5.41, 5.74) is 0.681. The first-order valence-electron chi connectivity index (χ1n) is 7.01. The van der Waals surface area contributed by atoms with Gasteiger partial charge >= 0.3 is 0 Å². The van der Waals surface area contributed by atoms with Crippen molar-refractivity contribution >= 4 is 32.5 Å². The Bertz CT molecular complexity index is 732. The van der Waals surface area contributed by atoms with E-state index in [9.17, 15) is 8.42 Å². The number of fused-ring (bicyclic) bond motifs is 1. The Kier molecular flexibility index (Phi) is 5.19. The Morgan fingerprint density at radius 2 is 2.05 bits per heavy atom. The number of aromatic nitrogens is 1. The van der Waals surface area contributed by atoms with Crippen molar-refractivity contribution in [2.75, 3.05) is 0 Å². The number of rotatable bonds is 6. The molecule has 21 heavy (non-hydrogen) atoms. The number of hydrogen-bond donors (Lipinski definition) is 1. The minimum absolute atomic E-state index is 0.0750. The molecular formula is C15H19ClN2O2S. The quantitative estimate of drug-likeness (QED) is 0.822. The van der Waals surface area contributed by atoms with Crippen LogP contribution in [0.5, 0.6) is 0 Å². The lowest BCUT2D eigenvalue weighted by Crippen LogP contribution is -2.32. The van der Waals surface area contributed by atoms with Crippen LogP contribution >= 0.6 is 11.6 Å². The van der Waals surface area contributed by atoms with Gasteiger partial charge in [-0.05, 0) is 43.7 Å². The highest BCUT2D eigenvalue weighted by Crippen LogP contribution is 2.20. The minimum atomic E-state index is -3.50. The molecule has 114 valence electrons. The van der Waals surface area contributed by atoms with E-state index in [1.807, 2.05) is 6.92 Å². The topological polar surface area (TPSA) is 59.1 Å². The fraction of sp³-hybridized carbons (Fsp3) is 0.400. The van der Waals surface area contributed by atoms with Crippen molar-refractivity contribution in [3.8, 4) is 0 Å². The van der Waals surface area contributed by atoms with Crippen LogP contribution in [0.15, 0.2) is 35.2 Å². The van der Waals surface area contributed by atoms with Crippen LogP contribution < -0.4 is 4.72 Å². The third kappa shape index (κ3) is 4.15. The molecule has 1 unspecified atom stereocenters. The maximum absolute atomic E-state index is 12.4. The SMILES string of the molecule is CCCCC(C)NS(=O)(=O)c1ccc2nc(Cl)ccc2c1. The summed E-state index contributed by atoms with van der Waals surface area (Å²) in [4.78, 5) is 4.40. The fourth-order valence-electron chi connectivity index (χ4n) is 2.15. The maximum Gasteiger partial charge on any atom is 0.240 e. The fourth-order valence-corrected chi connectivity index (χ4v) is 3.62. The molecule has 0 fully saturated rings. The summed E-state index contributed by atoms with van der Waals surface area (Å²) in [5, 5.41) is 1.15. The Morgan fingerprint density at radius 1 is 1.29 bits per heavy atom. The Morgan fingerprint density at radius 3 is 2.76 bits per heavy atom. The van der Waals surface area contributed by atoms with E-state index < -0.39 is 10.0 Å². The monoisotopic (exact) mass is 326 g/mol. The van der Waals surface area contributed by atoms with E-state index in [1.54, 1.807) is 30.3 Å². The second kappa shape index (κ2) is 6.73. The second-order valence-electron chi connectivity index (χ2n) is 5.15. The summed E-state index contributed by atoms with van der Waals surface area (Å²) < 4.78 is 27.4. The number of unbranched alkanes of at least 4 members (excludes halogenated alkanes) is 1. The molecule has 0 saturated carbocycles. The average molecular weight is 327 g/mol. The van der Waals surface area contributed by atoms with E-state index in [1.165, 1.54) is 0 Å². The lowest BCUT2D eigenvalue weighted by molar-refractivity contribution is 0.534. The van der Waals surface area contributed by atoms with E-state index in [4.69, 9.17) is 11.6 Å². The Hall–Kier alpha value is -1.17. The minimum Gasteiger partial charge on any atom is -0.236 e. The van der Waals surface area contributed by atoms with Crippen LogP contribution in [0.4, 0.5) is 0 Å². The van der Waals surface area contributed by atoms with E-state index in [0.717, 1.165) is 24.6 Å². The van der Waals surface area contributed by atoms with Crippen LogP contribution in [0, 0.1) is 0 Å². The summed E-state index contributed by atoms with van der Waals surface area (Å²) in [7, 11) is -3.50. The molecule has 1 aromatic carbocycles. The van der Waals surface area contributed by atoms with Crippen molar-refractivity contribution in [3.63, 3.8) is 0 Å². The predicted octanol–water partition coefficient (Wildman–Crippen LogP) is 3.75. The second-order valence-corrected chi connectivity index (χ2v) is 7.25. The smallest absolute Gasteiger partial charge is 0.236 e. The first-order chi connectivity index (χ1) is 9.92. The summed E-state index contributed by atoms with van der Waals surface area (Å²) in [6.45, 7) is 3.97. The molecule has 1 N–H and O–H groups in total. The highest BCUT2D eigenvalue weighted by Gasteiger charge is 2.17. The van der Waals surface area contributed by atoms with E-state index in [2.05, 4.69) is 16.6 Å². The molecule has 0 amide bonds. The average Bonchev–Trinajstić information content (AvgIpc) is 2.44. The van der Waals surface area contributed by atoms with Gasteiger partial charge in [0.2, 0.25) is 10.0 Å². The normalized spacial score (nSPS) is 13.5. The van der Waals surface area contributed by atoms with Gasteiger partial charge in [-0.15, -0.1) is 0 Å². The molecule has 0 radical (unpaired) electrons. The molecule has 0 bridgehead atoms. The molecule has 0 aliphatic carbocycles. The van der Waals surface area contributed by atoms with Gasteiger partial charge in [-0.1, -0.05) is 31.4 Å². The number of hydrogen-bond acceptors (Lipinski definition) is 3. The summed E-state index contributed by atoms with van der Waals surface area (Å²) in [6, 6.07) is 8.19.